The average Bonchev–Trinajstić information content (AvgIpc) is 3.15. The molecule has 1 aliphatic heterocycles. The first-order valence-electron chi connectivity index (χ1n) is 10.8. The van der Waals surface area contributed by atoms with Crippen LogP contribution in [0.1, 0.15) is 25.7 Å². The lowest BCUT2D eigenvalue weighted by molar-refractivity contribution is -0.122. The van der Waals surface area contributed by atoms with Gasteiger partial charge in [-0.3, -0.25) is 4.79 Å². The van der Waals surface area contributed by atoms with Crippen molar-refractivity contribution in [2.75, 3.05) is 18.5 Å². The number of ether oxygens (including phenoxy) is 1. The highest BCUT2D eigenvalue weighted by molar-refractivity contribution is 6.33. The van der Waals surface area contributed by atoms with Gasteiger partial charge in [0, 0.05) is 43.5 Å². The van der Waals surface area contributed by atoms with Crippen LogP contribution in [0.5, 0.6) is 0 Å². The third kappa shape index (κ3) is 4.31. The molecule has 5 rings (SSSR count). The predicted molar refractivity (Wildman–Crippen MR) is 121 cm³/mol. The van der Waals surface area contributed by atoms with E-state index in [2.05, 4.69) is 25.9 Å². The van der Waals surface area contributed by atoms with Crippen molar-refractivity contribution in [2.24, 2.45) is 17.6 Å². The van der Waals surface area contributed by atoms with E-state index in [1.165, 1.54) is 0 Å². The minimum atomic E-state index is -0.0354. The van der Waals surface area contributed by atoms with Gasteiger partial charge in [-0.15, -0.1) is 0 Å². The second kappa shape index (κ2) is 8.57. The van der Waals surface area contributed by atoms with Crippen LogP contribution >= 0.6 is 11.6 Å². The van der Waals surface area contributed by atoms with Gasteiger partial charge in [0.1, 0.15) is 5.82 Å². The summed E-state index contributed by atoms with van der Waals surface area (Å²) in [5.41, 5.74) is 9.63. The fourth-order valence-electron chi connectivity index (χ4n) is 4.41. The SMILES string of the molecule is NC1CC(C(=O)Nc2cc(-c3ccc4ncn(CC5CCOCC5)c4c3)c(Cl)cn2)C1. The summed E-state index contributed by atoms with van der Waals surface area (Å²) in [6.45, 7) is 2.59. The quantitative estimate of drug-likeness (QED) is 0.629. The Balaban J connectivity index is 1.40. The number of benzene rings is 1. The fourth-order valence-corrected chi connectivity index (χ4v) is 4.62. The zero-order valence-electron chi connectivity index (χ0n) is 17.3. The molecule has 0 bridgehead atoms. The summed E-state index contributed by atoms with van der Waals surface area (Å²) in [5, 5.41) is 3.45. The van der Waals surface area contributed by atoms with E-state index < -0.39 is 0 Å². The van der Waals surface area contributed by atoms with Crippen molar-refractivity contribution in [3.63, 3.8) is 0 Å². The Bertz CT molecular complexity index is 1100. The first kappa shape index (κ1) is 20.4. The fraction of sp³-hybridized carbons (Fsp3) is 0.435. The number of carbonyl (C=O) groups excluding carboxylic acids is 1. The van der Waals surface area contributed by atoms with E-state index >= 15 is 0 Å². The van der Waals surface area contributed by atoms with E-state index in [0.717, 1.165) is 67.6 Å². The van der Waals surface area contributed by atoms with Gasteiger partial charge in [0.15, 0.2) is 0 Å². The smallest absolute Gasteiger partial charge is 0.228 e. The lowest BCUT2D eigenvalue weighted by atomic mass is 9.80. The lowest BCUT2D eigenvalue weighted by Gasteiger charge is -2.30. The van der Waals surface area contributed by atoms with E-state index in [9.17, 15) is 4.79 Å². The van der Waals surface area contributed by atoms with Crippen LogP contribution in [0, 0.1) is 11.8 Å². The van der Waals surface area contributed by atoms with E-state index in [4.69, 9.17) is 22.1 Å². The zero-order chi connectivity index (χ0) is 21.4. The number of anilines is 1. The maximum Gasteiger partial charge on any atom is 0.228 e. The summed E-state index contributed by atoms with van der Waals surface area (Å²) in [5.74, 6) is 1.03. The van der Waals surface area contributed by atoms with Crippen molar-refractivity contribution in [1.29, 1.82) is 0 Å². The molecule has 3 aromatic rings. The van der Waals surface area contributed by atoms with Gasteiger partial charge in [-0.05, 0) is 55.4 Å². The molecule has 3 heterocycles. The van der Waals surface area contributed by atoms with Crippen LogP contribution in [-0.4, -0.2) is 39.7 Å². The molecular formula is C23H26ClN5O2. The molecule has 7 nitrogen and oxygen atoms in total. The van der Waals surface area contributed by atoms with Crippen LogP contribution in [0.15, 0.2) is 36.8 Å². The molecule has 0 unspecified atom stereocenters. The summed E-state index contributed by atoms with van der Waals surface area (Å²) in [4.78, 5) is 21.2. The number of fused-ring (bicyclic) bond motifs is 1. The molecule has 1 saturated heterocycles. The molecule has 0 atom stereocenters. The van der Waals surface area contributed by atoms with Crippen LogP contribution < -0.4 is 11.1 Å². The Morgan fingerprint density at radius 3 is 2.81 bits per heavy atom. The second-order valence-corrected chi connectivity index (χ2v) is 9.03. The van der Waals surface area contributed by atoms with Crippen molar-refractivity contribution in [3.05, 3.63) is 41.8 Å². The number of rotatable bonds is 5. The standard InChI is InChI=1S/C23H26ClN5O2/c24-19-11-26-22(28-23(30)16-7-17(25)8-16)10-18(19)15-1-2-20-21(9-15)29(13-27-20)12-14-3-5-31-6-4-14/h1-2,9-11,13-14,16-17H,3-8,12,25H2,(H,26,28,30). The highest BCUT2D eigenvalue weighted by Gasteiger charge is 2.32. The topological polar surface area (TPSA) is 95.1 Å². The van der Waals surface area contributed by atoms with Crippen molar-refractivity contribution < 1.29 is 9.53 Å². The summed E-state index contributed by atoms with van der Waals surface area (Å²) < 4.78 is 7.70. The van der Waals surface area contributed by atoms with Crippen molar-refractivity contribution in [2.45, 2.75) is 38.3 Å². The summed E-state index contributed by atoms with van der Waals surface area (Å²) >= 11 is 6.48. The molecule has 0 spiro atoms. The maximum atomic E-state index is 12.4. The Morgan fingerprint density at radius 2 is 2.03 bits per heavy atom. The van der Waals surface area contributed by atoms with E-state index in [1.807, 2.05) is 24.5 Å². The van der Waals surface area contributed by atoms with Crippen molar-refractivity contribution >= 4 is 34.4 Å². The molecular weight excluding hydrogens is 414 g/mol. The van der Waals surface area contributed by atoms with Crippen molar-refractivity contribution in [3.8, 4) is 11.1 Å². The Labute approximate surface area is 185 Å². The zero-order valence-corrected chi connectivity index (χ0v) is 18.0. The minimum absolute atomic E-state index is 0.0348. The van der Waals surface area contributed by atoms with Crippen LogP contribution in [0.4, 0.5) is 5.82 Å². The Hall–Kier alpha value is -2.48. The van der Waals surface area contributed by atoms with Gasteiger partial charge in [-0.2, -0.15) is 0 Å². The largest absolute Gasteiger partial charge is 0.381 e. The lowest BCUT2D eigenvalue weighted by Crippen LogP contribution is -2.42. The summed E-state index contributed by atoms with van der Waals surface area (Å²) in [6, 6.07) is 8.09. The number of hydrogen-bond acceptors (Lipinski definition) is 5. The third-order valence-electron chi connectivity index (χ3n) is 6.38. The molecule has 1 amide bonds. The Kier molecular flexibility index (Phi) is 5.65. The molecule has 1 aliphatic carbocycles. The van der Waals surface area contributed by atoms with E-state index in [0.29, 0.717) is 16.8 Å². The van der Waals surface area contributed by atoms with Crippen LogP contribution in [0.2, 0.25) is 5.02 Å². The van der Waals surface area contributed by atoms with Gasteiger partial charge < -0.3 is 20.4 Å². The molecule has 0 radical (unpaired) electrons. The van der Waals surface area contributed by atoms with Gasteiger partial charge in [0.2, 0.25) is 5.91 Å². The first-order chi connectivity index (χ1) is 15.1. The molecule has 1 saturated carbocycles. The van der Waals surface area contributed by atoms with E-state index in [1.54, 1.807) is 6.20 Å². The Morgan fingerprint density at radius 1 is 1.23 bits per heavy atom. The number of aromatic nitrogens is 3. The van der Waals surface area contributed by atoms with Crippen molar-refractivity contribution in [1.82, 2.24) is 14.5 Å². The highest BCUT2D eigenvalue weighted by Crippen LogP contribution is 2.33. The van der Waals surface area contributed by atoms with Gasteiger partial charge in [0.25, 0.3) is 0 Å². The molecule has 2 aliphatic rings. The number of carbonyl (C=O) groups is 1. The normalized spacial score (nSPS) is 21.7. The number of nitrogens with zero attached hydrogens (tertiary/aromatic N) is 3. The maximum absolute atomic E-state index is 12.4. The summed E-state index contributed by atoms with van der Waals surface area (Å²) in [7, 11) is 0. The molecule has 3 N–H and O–H groups in total. The number of nitrogens with one attached hydrogen (secondary N) is 1. The monoisotopic (exact) mass is 439 g/mol. The first-order valence-corrected chi connectivity index (χ1v) is 11.2. The third-order valence-corrected chi connectivity index (χ3v) is 6.68. The number of nitrogens with two attached hydrogens (primary N) is 1. The second-order valence-electron chi connectivity index (χ2n) is 8.62. The van der Waals surface area contributed by atoms with Crippen LogP contribution in [0.25, 0.3) is 22.2 Å². The average molecular weight is 440 g/mol. The molecule has 1 aromatic carbocycles. The number of hydrogen-bond donors (Lipinski definition) is 2. The number of halogens is 1. The molecule has 2 fully saturated rings. The van der Waals surface area contributed by atoms with E-state index in [-0.39, 0.29) is 17.9 Å². The van der Waals surface area contributed by atoms with Gasteiger partial charge in [-0.25, -0.2) is 9.97 Å². The number of amides is 1. The predicted octanol–water partition coefficient (Wildman–Crippen LogP) is 3.85. The minimum Gasteiger partial charge on any atom is -0.381 e. The van der Waals surface area contributed by atoms with Gasteiger partial charge in [0.05, 0.1) is 22.4 Å². The van der Waals surface area contributed by atoms with Gasteiger partial charge in [-0.1, -0.05) is 17.7 Å². The summed E-state index contributed by atoms with van der Waals surface area (Å²) in [6.07, 6.45) is 7.09. The van der Waals surface area contributed by atoms with Crippen LogP contribution in [0.3, 0.4) is 0 Å². The number of pyridine rings is 1. The highest BCUT2D eigenvalue weighted by atomic mass is 35.5. The molecule has 31 heavy (non-hydrogen) atoms. The van der Waals surface area contributed by atoms with Gasteiger partial charge >= 0.3 is 0 Å². The molecule has 2 aromatic heterocycles. The number of imidazole rings is 1. The molecule has 162 valence electrons. The van der Waals surface area contributed by atoms with Crippen LogP contribution in [-0.2, 0) is 16.1 Å². The molecule has 8 heteroatoms.